The van der Waals surface area contributed by atoms with Gasteiger partial charge in [-0.1, -0.05) is 12.5 Å². The van der Waals surface area contributed by atoms with Gasteiger partial charge in [-0.25, -0.2) is 9.97 Å². The van der Waals surface area contributed by atoms with Crippen molar-refractivity contribution in [2.24, 2.45) is 0 Å². The van der Waals surface area contributed by atoms with Crippen molar-refractivity contribution in [2.45, 2.75) is 31.8 Å². The van der Waals surface area contributed by atoms with Crippen molar-refractivity contribution in [3.8, 4) is 0 Å². The molecule has 1 atom stereocenters. The van der Waals surface area contributed by atoms with E-state index in [9.17, 15) is 0 Å². The van der Waals surface area contributed by atoms with Crippen LogP contribution < -0.4 is 0 Å². The van der Waals surface area contributed by atoms with Crippen LogP contribution in [0.2, 0.25) is 0 Å². The number of piperidine rings is 1. The lowest BCUT2D eigenvalue weighted by molar-refractivity contribution is 0.176. The topological polar surface area (TPSA) is 34.0 Å². The van der Waals surface area contributed by atoms with Crippen LogP contribution in [-0.4, -0.2) is 33.0 Å². The van der Waals surface area contributed by atoms with Crippen molar-refractivity contribution in [1.82, 2.24) is 19.4 Å². The molecule has 4 heterocycles. The lowest BCUT2D eigenvalue weighted by atomic mass is 10.0. The molecule has 22 heavy (non-hydrogen) atoms. The number of imidazole rings is 1. The molecule has 0 radical (unpaired) electrons. The summed E-state index contributed by atoms with van der Waals surface area (Å²) in [6, 6.07) is 8.74. The number of fused-ring (bicyclic) bond motifs is 1. The number of thiophene rings is 1. The molecule has 1 fully saturated rings. The highest BCUT2D eigenvalue weighted by Gasteiger charge is 2.26. The number of hydrogen-bond donors (Lipinski definition) is 0. The van der Waals surface area contributed by atoms with Crippen LogP contribution in [0.15, 0.2) is 35.8 Å². The predicted molar refractivity (Wildman–Crippen MR) is 90.2 cm³/mol. The second-order valence-corrected chi connectivity index (χ2v) is 7.01. The summed E-state index contributed by atoms with van der Waals surface area (Å²) < 4.78 is 2.31. The van der Waals surface area contributed by atoms with E-state index in [1.165, 1.54) is 30.0 Å². The van der Waals surface area contributed by atoms with Crippen molar-refractivity contribution >= 4 is 22.5 Å². The van der Waals surface area contributed by atoms with Crippen LogP contribution in [0.1, 0.15) is 36.0 Å². The summed E-state index contributed by atoms with van der Waals surface area (Å²) in [4.78, 5) is 13.3. The van der Waals surface area contributed by atoms with Gasteiger partial charge in [0.25, 0.3) is 0 Å². The van der Waals surface area contributed by atoms with Crippen LogP contribution in [0.25, 0.3) is 11.2 Å². The maximum absolute atomic E-state index is 4.93. The molecule has 4 rings (SSSR count). The molecule has 1 unspecified atom stereocenters. The third-order valence-corrected chi connectivity index (χ3v) is 5.36. The standard InChI is InChI=1S/C17H20N4S/c1-20-10-3-2-8-15(20)17-19-14-7-4-9-18-16(14)21(17)12-13-6-5-11-22-13/h4-7,9,11,15H,2-3,8,10,12H2,1H3. The Bertz CT molecular complexity index is 762. The van der Waals surface area contributed by atoms with Gasteiger partial charge in [0.1, 0.15) is 11.3 Å². The summed E-state index contributed by atoms with van der Waals surface area (Å²) in [5, 5.41) is 2.13. The third kappa shape index (κ3) is 2.44. The van der Waals surface area contributed by atoms with Gasteiger partial charge < -0.3 is 4.57 Å². The smallest absolute Gasteiger partial charge is 0.160 e. The van der Waals surface area contributed by atoms with E-state index in [-0.39, 0.29) is 0 Å². The third-order valence-electron chi connectivity index (χ3n) is 4.50. The molecule has 4 nitrogen and oxygen atoms in total. The summed E-state index contributed by atoms with van der Waals surface area (Å²) in [6.07, 6.45) is 5.62. The number of aromatic nitrogens is 3. The lowest BCUT2D eigenvalue weighted by Crippen LogP contribution is -2.31. The molecule has 3 aromatic rings. The number of nitrogens with zero attached hydrogens (tertiary/aromatic N) is 4. The maximum atomic E-state index is 4.93. The Morgan fingerprint density at radius 1 is 1.27 bits per heavy atom. The largest absolute Gasteiger partial charge is 0.306 e. The number of hydrogen-bond acceptors (Lipinski definition) is 4. The monoisotopic (exact) mass is 312 g/mol. The molecule has 0 saturated carbocycles. The first-order chi connectivity index (χ1) is 10.8. The lowest BCUT2D eigenvalue weighted by Gasteiger charge is -2.32. The van der Waals surface area contributed by atoms with Gasteiger partial charge in [0.2, 0.25) is 0 Å². The van der Waals surface area contributed by atoms with E-state index in [1.54, 1.807) is 11.3 Å². The first-order valence-corrected chi connectivity index (χ1v) is 8.74. The van der Waals surface area contributed by atoms with Crippen LogP contribution in [0.3, 0.4) is 0 Å². The molecule has 1 saturated heterocycles. The molecule has 0 aliphatic carbocycles. The fourth-order valence-electron chi connectivity index (χ4n) is 3.35. The first-order valence-electron chi connectivity index (χ1n) is 7.87. The Labute approximate surface area is 134 Å². The summed E-state index contributed by atoms with van der Waals surface area (Å²) in [6.45, 7) is 2.02. The Balaban J connectivity index is 1.82. The van der Waals surface area contributed by atoms with E-state index in [1.807, 2.05) is 12.3 Å². The summed E-state index contributed by atoms with van der Waals surface area (Å²) >= 11 is 1.80. The van der Waals surface area contributed by atoms with E-state index < -0.39 is 0 Å². The van der Waals surface area contributed by atoms with E-state index >= 15 is 0 Å². The Morgan fingerprint density at radius 2 is 2.23 bits per heavy atom. The van der Waals surface area contributed by atoms with Crippen LogP contribution in [0, 0.1) is 0 Å². The van der Waals surface area contributed by atoms with Crippen molar-refractivity contribution in [3.63, 3.8) is 0 Å². The maximum Gasteiger partial charge on any atom is 0.160 e. The highest BCUT2D eigenvalue weighted by molar-refractivity contribution is 7.09. The fraction of sp³-hybridized carbons (Fsp3) is 0.412. The summed E-state index contributed by atoms with van der Waals surface area (Å²) in [7, 11) is 2.21. The van der Waals surface area contributed by atoms with Crippen molar-refractivity contribution in [3.05, 3.63) is 46.5 Å². The fourth-order valence-corrected chi connectivity index (χ4v) is 4.04. The van der Waals surface area contributed by atoms with E-state index in [0.29, 0.717) is 6.04 Å². The second kappa shape index (κ2) is 5.82. The molecule has 1 aliphatic rings. The normalized spacial score (nSPS) is 19.8. The minimum absolute atomic E-state index is 0.405. The Kier molecular flexibility index (Phi) is 3.68. The van der Waals surface area contributed by atoms with Gasteiger partial charge in [-0.2, -0.15) is 0 Å². The molecular formula is C17H20N4S. The average Bonchev–Trinajstić information content (AvgIpc) is 3.17. The quantitative estimate of drug-likeness (QED) is 0.739. The minimum atomic E-state index is 0.405. The Hall–Kier alpha value is -1.72. The summed E-state index contributed by atoms with van der Waals surface area (Å²) in [5.41, 5.74) is 2.01. The second-order valence-electron chi connectivity index (χ2n) is 5.97. The van der Waals surface area contributed by atoms with Gasteiger partial charge in [-0.3, -0.25) is 4.90 Å². The number of pyridine rings is 1. The predicted octanol–water partition coefficient (Wildman–Crippen LogP) is 3.70. The van der Waals surface area contributed by atoms with Crippen LogP contribution in [-0.2, 0) is 6.54 Å². The highest BCUT2D eigenvalue weighted by Crippen LogP contribution is 2.31. The minimum Gasteiger partial charge on any atom is -0.306 e. The van der Waals surface area contributed by atoms with E-state index in [2.05, 4.69) is 45.1 Å². The molecule has 0 amide bonds. The summed E-state index contributed by atoms with van der Waals surface area (Å²) in [5.74, 6) is 1.17. The van der Waals surface area contributed by atoms with Gasteiger partial charge in [0.15, 0.2) is 5.65 Å². The SMILES string of the molecule is CN1CCCCC1c1nc2cccnc2n1Cc1cccs1. The van der Waals surface area contributed by atoms with E-state index in [0.717, 1.165) is 24.3 Å². The van der Waals surface area contributed by atoms with Gasteiger partial charge in [-0.05, 0) is 50.0 Å². The van der Waals surface area contributed by atoms with E-state index in [4.69, 9.17) is 4.98 Å². The van der Waals surface area contributed by atoms with Gasteiger partial charge >= 0.3 is 0 Å². The van der Waals surface area contributed by atoms with Crippen molar-refractivity contribution in [1.29, 1.82) is 0 Å². The number of likely N-dealkylation sites (tertiary alicyclic amines) is 1. The molecule has 0 N–H and O–H groups in total. The molecule has 114 valence electrons. The van der Waals surface area contributed by atoms with Crippen molar-refractivity contribution in [2.75, 3.05) is 13.6 Å². The highest BCUT2D eigenvalue weighted by atomic mass is 32.1. The van der Waals surface area contributed by atoms with Gasteiger partial charge in [0, 0.05) is 11.1 Å². The molecule has 0 aromatic carbocycles. The zero-order valence-corrected chi connectivity index (χ0v) is 13.6. The first kappa shape index (κ1) is 13.9. The molecule has 0 spiro atoms. The molecule has 5 heteroatoms. The number of rotatable bonds is 3. The Morgan fingerprint density at radius 3 is 3.05 bits per heavy atom. The molecular weight excluding hydrogens is 292 g/mol. The van der Waals surface area contributed by atoms with Crippen LogP contribution >= 0.6 is 11.3 Å². The zero-order valence-electron chi connectivity index (χ0n) is 12.8. The van der Waals surface area contributed by atoms with Crippen LogP contribution in [0.5, 0.6) is 0 Å². The average molecular weight is 312 g/mol. The zero-order chi connectivity index (χ0) is 14.9. The molecule has 0 bridgehead atoms. The van der Waals surface area contributed by atoms with Gasteiger partial charge in [-0.15, -0.1) is 11.3 Å². The van der Waals surface area contributed by atoms with Gasteiger partial charge in [0.05, 0.1) is 12.6 Å². The van der Waals surface area contributed by atoms with Crippen LogP contribution in [0.4, 0.5) is 0 Å². The molecule has 3 aromatic heterocycles. The molecule has 1 aliphatic heterocycles. The van der Waals surface area contributed by atoms with Crippen molar-refractivity contribution < 1.29 is 0 Å².